The molecule has 3 N–H and O–H groups in total. The van der Waals surface area contributed by atoms with Gasteiger partial charge in [0.25, 0.3) is 0 Å². The molecule has 0 aromatic heterocycles. The summed E-state index contributed by atoms with van der Waals surface area (Å²) < 4.78 is 5.05. The second-order valence-corrected chi connectivity index (χ2v) is 3.57. The van der Waals surface area contributed by atoms with Crippen LogP contribution in [0.25, 0.3) is 0 Å². The van der Waals surface area contributed by atoms with Crippen molar-refractivity contribution >= 4 is 5.91 Å². The van der Waals surface area contributed by atoms with E-state index in [0.717, 1.165) is 0 Å². The lowest BCUT2D eigenvalue weighted by atomic mass is 10.0. The molecule has 1 atom stereocenters. The van der Waals surface area contributed by atoms with Crippen LogP contribution in [0, 0.1) is 11.3 Å². The van der Waals surface area contributed by atoms with Crippen LogP contribution in [-0.4, -0.2) is 49.5 Å². The molecule has 0 aromatic rings. The first-order chi connectivity index (χ1) is 7.16. The normalized spacial score (nSPS) is 24.8. The van der Waals surface area contributed by atoms with Gasteiger partial charge in [0.1, 0.15) is 12.1 Å². The van der Waals surface area contributed by atoms with Gasteiger partial charge in [-0.25, -0.2) is 0 Å². The molecule has 6 nitrogen and oxygen atoms in total. The molecule has 15 heavy (non-hydrogen) atoms. The van der Waals surface area contributed by atoms with Gasteiger partial charge in [-0.2, -0.15) is 5.26 Å². The predicted molar refractivity (Wildman–Crippen MR) is 51.9 cm³/mol. The maximum atomic E-state index is 11.0. The number of nitriles is 1. The Labute approximate surface area is 88.2 Å². The Balaban J connectivity index is 2.10. The van der Waals surface area contributed by atoms with Gasteiger partial charge in [0, 0.05) is 19.6 Å². The van der Waals surface area contributed by atoms with Crippen LogP contribution in [0.2, 0.25) is 0 Å². The fourth-order valence-corrected chi connectivity index (χ4v) is 1.35. The largest absolute Gasteiger partial charge is 0.386 e. The molecule has 1 aliphatic rings. The highest BCUT2D eigenvalue weighted by Crippen LogP contribution is 2.16. The second-order valence-electron chi connectivity index (χ2n) is 3.57. The molecule has 1 saturated heterocycles. The van der Waals surface area contributed by atoms with E-state index in [-0.39, 0.29) is 19.0 Å². The van der Waals surface area contributed by atoms with Crippen molar-refractivity contribution in [2.75, 3.05) is 32.8 Å². The Morgan fingerprint density at radius 1 is 1.67 bits per heavy atom. The maximum absolute atomic E-state index is 11.0. The highest BCUT2D eigenvalue weighted by Gasteiger charge is 2.31. The Morgan fingerprint density at radius 3 is 3.07 bits per heavy atom. The van der Waals surface area contributed by atoms with Crippen LogP contribution in [0.4, 0.5) is 0 Å². The molecule has 0 aromatic carbocycles. The van der Waals surface area contributed by atoms with Gasteiger partial charge in [0.05, 0.1) is 19.2 Å². The van der Waals surface area contributed by atoms with Crippen molar-refractivity contribution in [1.82, 2.24) is 10.6 Å². The summed E-state index contributed by atoms with van der Waals surface area (Å²) in [7, 11) is 0. The summed E-state index contributed by atoms with van der Waals surface area (Å²) in [4.78, 5) is 11.0. The summed E-state index contributed by atoms with van der Waals surface area (Å²) in [5.41, 5.74) is -0.852. The number of nitrogens with one attached hydrogen (secondary N) is 2. The Morgan fingerprint density at radius 2 is 2.47 bits per heavy atom. The first-order valence-corrected chi connectivity index (χ1v) is 4.81. The Bertz CT molecular complexity index is 256. The number of amides is 1. The molecule has 0 bridgehead atoms. The fraction of sp³-hybridized carbons (Fsp3) is 0.778. The number of hydrogen-bond acceptors (Lipinski definition) is 5. The van der Waals surface area contributed by atoms with E-state index in [2.05, 4.69) is 10.6 Å². The molecule has 6 heteroatoms. The quantitative estimate of drug-likeness (QED) is 0.476. The Hall–Kier alpha value is -1.16. The Kier molecular flexibility index (Phi) is 4.49. The number of aliphatic hydroxyl groups is 1. The maximum Gasteiger partial charge on any atom is 0.234 e. The lowest BCUT2D eigenvalue weighted by Crippen LogP contribution is -2.44. The highest BCUT2D eigenvalue weighted by molar-refractivity contribution is 5.78. The summed E-state index contributed by atoms with van der Waals surface area (Å²) in [6.07, 6.45) is 0.583. The van der Waals surface area contributed by atoms with E-state index >= 15 is 0 Å². The number of rotatable bonds is 5. The molecule has 1 amide bonds. The lowest BCUT2D eigenvalue weighted by Gasteiger charge is -2.20. The number of nitrogens with zero attached hydrogens (tertiary/aromatic N) is 1. The van der Waals surface area contributed by atoms with E-state index in [0.29, 0.717) is 26.2 Å². The van der Waals surface area contributed by atoms with Gasteiger partial charge in [-0.3, -0.25) is 4.79 Å². The van der Waals surface area contributed by atoms with Crippen molar-refractivity contribution < 1.29 is 14.6 Å². The minimum atomic E-state index is -0.852. The molecule has 0 aliphatic carbocycles. The molecule has 0 saturated carbocycles. The van der Waals surface area contributed by atoms with E-state index in [9.17, 15) is 9.90 Å². The predicted octanol–water partition coefficient (Wildman–Crippen LogP) is -1.63. The molecular weight excluding hydrogens is 198 g/mol. The average molecular weight is 213 g/mol. The summed E-state index contributed by atoms with van der Waals surface area (Å²) in [5, 5.41) is 23.2. The van der Waals surface area contributed by atoms with E-state index < -0.39 is 5.60 Å². The zero-order valence-corrected chi connectivity index (χ0v) is 8.45. The number of hydrogen-bond donors (Lipinski definition) is 3. The van der Waals surface area contributed by atoms with Crippen LogP contribution in [0.1, 0.15) is 6.42 Å². The van der Waals surface area contributed by atoms with Crippen molar-refractivity contribution in [3.8, 4) is 6.07 Å². The molecule has 1 fully saturated rings. The summed E-state index contributed by atoms with van der Waals surface area (Å²) in [6, 6.07) is 1.81. The van der Waals surface area contributed by atoms with Crippen LogP contribution >= 0.6 is 0 Å². The zero-order chi connectivity index (χ0) is 11.1. The number of carbonyl (C=O) groups excluding carboxylic acids is 1. The molecule has 84 valence electrons. The first kappa shape index (κ1) is 11.9. The summed E-state index contributed by atoms with van der Waals surface area (Å²) in [5.74, 6) is -0.251. The van der Waals surface area contributed by atoms with Gasteiger partial charge < -0.3 is 20.5 Å². The van der Waals surface area contributed by atoms with E-state index in [1.165, 1.54) is 0 Å². The molecule has 1 aliphatic heterocycles. The fourth-order valence-electron chi connectivity index (χ4n) is 1.35. The van der Waals surface area contributed by atoms with Crippen molar-refractivity contribution in [2.24, 2.45) is 0 Å². The summed E-state index contributed by atoms with van der Waals surface area (Å²) >= 11 is 0. The number of carbonyl (C=O) groups is 1. The van der Waals surface area contributed by atoms with Crippen molar-refractivity contribution in [3.63, 3.8) is 0 Å². The number of ether oxygens (including phenoxy) is 1. The SMILES string of the molecule is N#CCNC(=O)CNCC1(O)CCOC1. The van der Waals surface area contributed by atoms with Crippen molar-refractivity contribution in [3.05, 3.63) is 0 Å². The standard InChI is InChI=1S/C9H15N3O3/c10-2-3-12-8(13)5-11-6-9(14)1-4-15-7-9/h11,14H,1,3-7H2,(H,12,13). The summed E-state index contributed by atoms with van der Waals surface area (Å²) in [6.45, 7) is 1.30. The average Bonchev–Trinajstić information content (AvgIpc) is 2.62. The monoisotopic (exact) mass is 213 g/mol. The third-order valence-electron chi connectivity index (χ3n) is 2.19. The minimum Gasteiger partial charge on any atom is -0.386 e. The van der Waals surface area contributed by atoms with Gasteiger partial charge in [-0.1, -0.05) is 0 Å². The van der Waals surface area contributed by atoms with Gasteiger partial charge >= 0.3 is 0 Å². The minimum absolute atomic E-state index is 0.00783. The van der Waals surface area contributed by atoms with Gasteiger partial charge in [-0.15, -0.1) is 0 Å². The zero-order valence-electron chi connectivity index (χ0n) is 8.45. The van der Waals surface area contributed by atoms with Crippen LogP contribution in [0.15, 0.2) is 0 Å². The smallest absolute Gasteiger partial charge is 0.234 e. The molecule has 0 radical (unpaired) electrons. The van der Waals surface area contributed by atoms with Gasteiger partial charge in [0.2, 0.25) is 5.91 Å². The van der Waals surface area contributed by atoms with E-state index in [4.69, 9.17) is 10.00 Å². The van der Waals surface area contributed by atoms with Gasteiger partial charge in [-0.05, 0) is 0 Å². The molecule has 0 spiro atoms. The van der Waals surface area contributed by atoms with E-state index in [1.54, 1.807) is 0 Å². The first-order valence-electron chi connectivity index (χ1n) is 4.81. The van der Waals surface area contributed by atoms with E-state index in [1.807, 2.05) is 6.07 Å². The third-order valence-corrected chi connectivity index (χ3v) is 2.19. The van der Waals surface area contributed by atoms with Crippen LogP contribution < -0.4 is 10.6 Å². The highest BCUT2D eigenvalue weighted by atomic mass is 16.5. The topological polar surface area (TPSA) is 94.4 Å². The molecule has 1 rings (SSSR count). The molecule has 1 unspecified atom stereocenters. The second kappa shape index (κ2) is 5.66. The van der Waals surface area contributed by atoms with Crippen LogP contribution in [-0.2, 0) is 9.53 Å². The van der Waals surface area contributed by atoms with Crippen molar-refractivity contribution in [1.29, 1.82) is 5.26 Å². The third kappa shape index (κ3) is 4.25. The van der Waals surface area contributed by atoms with Gasteiger partial charge in [0.15, 0.2) is 0 Å². The van der Waals surface area contributed by atoms with Crippen LogP contribution in [0.5, 0.6) is 0 Å². The molecular formula is C9H15N3O3. The lowest BCUT2D eigenvalue weighted by molar-refractivity contribution is -0.120. The van der Waals surface area contributed by atoms with Crippen molar-refractivity contribution in [2.45, 2.75) is 12.0 Å². The molecule has 1 heterocycles. The van der Waals surface area contributed by atoms with Crippen LogP contribution in [0.3, 0.4) is 0 Å².